The highest BCUT2D eigenvalue weighted by Gasteiger charge is 2.52. The minimum absolute atomic E-state index is 0.170. The lowest BCUT2D eigenvalue weighted by Gasteiger charge is -2.45. The maximum atomic E-state index is 11.4. The molecular formula is C9H15NO3. The molecule has 0 saturated heterocycles. The summed E-state index contributed by atoms with van der Waals surface area (Å²) in [4.78, 5) is 22.3. The molecule has 1 amide bonds. The zero-order valence-corrected chi connectivity index (χ0v) is 8.22. The molecule has 0 bridgehead atoms. The second-order valence-corrected chi connectivity index (χ2v) is 3.58. The molecule has 4 heteroatoms. The molecule has 13 heavy (non-hydrogen) atoms. The first-order valence-electron chi connectivity index (χ1n) is 4.40. The van der Waals surface area contributed by atoms with Crippen LogP contribution in [-0.4, -0.2) is 24.5 Å². The van der Waals surface area contributed by atoms with E-state index in [4.69, 9.17) is 0 Å². The van der Waals surface area contributed by atoms with Gasteiger partial charge in [-0.1, -0.05) is 6.92 Å². The summed E-state index contributed by atoms with van der Waals surface area (Å²) in [5.41, 5.74) is -0.749. The number of esters is 1. The Hall–Kier alpha value is -1.06. The van der Waals surface area contributed by atoms with E-state index in [-0.39, 0.29) is 17.8 Å². The van der Waals surface area contributed by atoms with E-state index in [0.717, 1.165) is 6.42 Å². The third-order valence-corrected chi connectivity index (χ3v) is 2.76. The molecule has 1 saturated carbocycles. The largest absolute Gasteiger partial charge is 0.467 e. The lowest BCUT2D eigenvalue weighted by Crippen LogP contribution is -2.64. The van der Waals surface area contributed by atoms with Crippen LogP contribution in [-0.2, 0) is 14.3 Å². The molecule has 74 valence electrons. The van der Waals surface area contributed by atoms with Crippen LogP contribution in [0.5, 0.6) is 0 Å². The smallest absolute Gasteiger partial charge is 0.331 e. The van der Waals surface area contributed by atoms with Gasteiger partial charge in [-0.25, -0.2) is 4.79 Å². The van der Waals surface area contributed by atoms with Crippen LogP contribution in [0, 0.1) is 5.92 Å². The van der Waals surface area contributed by atoms with Gasteiger partial charge < -0.3 is 10.1 Å². The van der Waals surface area contributed by atoms with Gasteiger partial charge in [0.25, 0.3) is 0 Å². The molecule has 1 aliphatic carbocycles. The highest BCUT2D eigenvalue weighted by Crippen LogP contribution is 2.39. The third kappa shape index (κ3) is 1.53. The molecule has 1 fully saturated rings. The molecule has 0 aromatic heterocycles. The number of hydrogen-bond acceptors (Lipinski definition) is 3. The minimum atomic E-state index is -0.749. The predicted octanol–water partition coefficient (Wildman–Crippen LogP) is 0.464. The van der Waals surface area contributed by atoms with Crippen molar-refractivity contribution >= 4 is 11.9 Å². The second kappa shape index (κ2) is 3.36. The predicted molar refractivity (Wildman–Crippen MR) is 47.0 cm³/mol. The number of ether oxygens (including phenoxy) is 1. The molecule has 1 rings (SSSR count). The van der Waals surface area contributed by atoms with Crippen LogP contribution in [0.3, 0.4) is 0 Å². The summed E-state index contributed by atoms with van der Waals surface area (Å²) < 4.78 is 4.68. The van der Waals surface area contributed by atoms with Crippen molar-refractivity contribution in [1.82, 2.24) is 5.32 Å². The lowest BCUT2D eigenvalue weighted by molar-refractivity contribution is -0.159. The Kier molecular flexibility index (Phi) is 2.59. The Morgan fingerprint density at radius 2 is 2.15 bits per heavy atom. The van der Waals surface area contributed by atoms with Crippen LogP contribution in [0.4, 0.5) is 0 Å². The summed E-state index contributed by atoms with van der Waals surface area (Å²) in [6, 6.07) is 0. The first-order valence-corrected chi connectivity index (χ1v) is 4.40. The highest BCUT2D eigenvalue weighted by molar-refractivity contribution is 5.88. The summed E-state index contributed by atoms with van der Waals surface area (Å²) in [6.07, 6.45) is 1.63. The molecule has 0 radical (unpaired) electrons. The fourth-order valence-electron chi connectivity index (χ4n) is 1.76. The van der Waals surface area contributed by atoms with E-state index in [1.165, 1.54) is 14.0 Å². The fourth-order valence-corrected chi connectivity index (χ4v) is 1.76. The van der Waals surface area contributed by atoms with Gasteiger partial charge in [0.15, 0.2) is 0 Å². The first-order chi connectivity index (χ1) is 6.03. The topological polar surface area (TPSA) is 55.4 Å². The quantitative estimate of drug-likeness (QED) is 0.636. The van der Waals surface area contributed by atoms with E-state index in [9.17, 15) is 9.59 Å². The lowest BCUT2D eigenvalue weighted by atomic mass is 9.67. The van der Waals surface area contributed by atoms with Gasteiger partial charge in [0.1, 0.15) is 5.54 Å². The first kappa shape index (κ1) is 10.0. The highest BCUT2D eigenvalue weighted by atomic mass is 16.5. The number of nitrogens with one attached hydrogen (secondary N) is 1. The van der Waals surface area contributed by atoms with E-state index < -0.39 is 5.54 Å². The van der Waals surface area contributed by atoms with E-state index >= 15 is 0 Å². The Morgan fingerprint density at radius 1 is 1.54 bits per heavy atom. The molecule has 1 aliphatic rings. The molecule has 0 unspecified atom stereocenters. The Bertz CT molecular complexity index is 239. The van der Waals surface area contributed by atoms with E-state index in [2.05, 4.69) is 10.1 Å². The zero-order chi connectivity index (χ0) is 10.1. The Morgan fingerprint density at radius 3 is 2.38 bits per heavy atom. The number of carbonyl (C=O) groups excluding carboxylic acids is 2. The zero-order valence-electron chi connectivity index (χ0n) is 8.22. The molecular weight excluding hydrogens is 170 g/mol. The maximum absolute atomic E-state index is 11.4. The monoisotopic (exact) mass is 185 g/mol. The van der Waals surface area contributed by atoms with E-state index in [1.54, 1.807) is 0 Å². The van der Waals surface area contributed by atoms with Gasteiger partial charge >= 0.3 is 5.97 Å². The molecule has 0 heterocycles. The average molecular weight is 185 g/mol. The van der Waals surface area contributed by atoms with Crippen molar-refractivity contribution < 1.29 is 14.3 Å². The van der Waals surface area contributed by atoms with Crippen molar-refractivity contribution in [3.63, 3.8) is 0 Å². The van der Waals surface area contributed by atoms with Crippen LogP contribution in [0.25, 0.3) is 0 Å². The van der Waals surface area contributed by atoms with Crippen molar-refractivity contribution in [2.24, 2.45) is 5.92 Å². The standard InChI is InChI=1S/C9H15NO3/c1-6-4-5-9(6,8(12)13-3)10-7(2)11/h6H,4-5H2,1-3H3,(H,10,11)/t6-,9+/m0/s1. The SMILES string of the molecule is COC(=O)[C@@]1(NC(C)=O)CC[C@@H]1C. The fraction of sp³-hybridized carbons (Fsp3) is 0.778. The van der Waals surface area contributed by atoms with Gasteiger partial charge in [-0.05, 0) is 18.8 Å². The summed E-state index contributed by atoms with van der Waals surface area (Å²) in [6.45, 7) is 3.35. The van der Waals surface area contributed by atoms with Crippen LogP contribution in [0.1, 0.15) is 26.7 Å². The normalized spacial score (nSPS) is 31.8. The maximum Gasteiger partial charge on any atom is 0.331 e. The van der Waals surface area contributed by atoms with Crippen molar-refractivity contribution in [2.45, 2.75) is 32.2 Å². The van der Waals surface area contributed by atoms with Crippen molar-refractivity contribution in [3.05, 3.63) is 0 Å². The van der Waals surface area contributed by atoms with Crippen LogP contribution in [0.15, 0.2) is 0 Å². The summed E-state index contributed by atoms with van der Waals surface area (Å²) in [5.74, 6) is -0.345. The Labute approximate surface area is 77.6 Å². The number of methoxy groups -OCH3 is 1. The average Bonchev–Trinajstić information content (AvgIpc) is 2.09. The number of hydrogen-bond donors (Lipinski definition) is 1. The number of amides is 1. The van der Waals surface area contributed by atoms with Gasteiger partial charge in [-0.3, -0.25) is 4.79 Å². The number of rotatable bonds is 2. The van der Waals surface area contributed by atoms with Crippen molar-refractivity contribution in [2.75, 3.05) is 7.11 Å². The van der Waals surface area contributed by atoms with Crippen LogP contribution in [0.2, 0.25) is 0 Å². The van der Waals surface area contributed by atoms with Gasteiger partial charge in [-0.2, -0.15) is 0 Å². The molecule has 0 aliphatic heterocycles. The molecule has 0 spiro atoms. The van der Waals surface area contributed by atoms with Crippen LogP contribution < -0.4 is 5.32 Å². The van der Waals surface area contributed by atoms with Crippen LogP contribution >= 0.6 is 0 Å². The molecule has 4 nitrogen and oxygen atoms in total. The summed E-state index contributed by atoms with van der Waals surface area (Å²) in [7, 11) is 1.34. The van der Waals surface area contributed by atoms with Crippen molar-refractivity contribution in [1.29, 1.82) is 0 Å². The second-order valence-electron chi connectivity index (χ2n) is 3.58. The van der Waals surface area contributed by atoms with Gasteiger partial charge in [-0.15, -0.1) is 0 Å². The molecule has 2 atom stereocenters. The third-order valence-electron chi connectivity index (χ3n) is 2.76. The van der Waals surface area contributed by atoms with E-state index in [1.807, 2.05) is 6.92 Å². The summed E-state index contributed by atoms with van der Waals surface area (Å²) in [5, 5.41) is 2.68. The van der Waals surface area contributed by atoms with E-state index in [0.29, 0.717) is 6.42 Å². The van der Waals surface area contributed by atoms with Crippen molar-refractivity contribution in [3.8, 4) is 0 Å². The molecule has 0 aromatic rings. The van der Waals surface area contributed by atoms with Gasteiger partial charge in [0.05, 0.1) is 7.11 Å². The minimum Gasteiger partial charge on any atom is -0.467 e. The van der Waals surface area contributed by atoms with Gasteiger partial charge in [0, 0.05) is 6.92 Å². The summed E-state index contributed by atoms with van der Waals surface area (Å²) >= 11 is 0. The van der Waals surface area contributed by atoms with Gasteiger partial charge in [0.2, 0.25) is 5.91 Å². The number of carbonyl (C=O) groups is 2. The molecule has 0 aromatic carbocycles. The molecule has 1 N–H and O–H groups in total. The Balaban J connectivity index is 2.76.